The first-order valence-corrected chi connectivity index (χ1v) is 3.94. The molecule has 62 valence electrons. The van der Waals surface area contributed by atoms with Gasteiger partial charge in [0.15, 0.2) is 0 Å². The van der Waals surface area contributed by atoms with Crippen LogP contribution in [0, 0.1) is 17.1 Å². The van der Waals surface area contributed by atoms with Gasteiger partial charge < -0.3 is 0 Å². The van der Waals surface area contributed by atoms with Gasteiger partial charge in [0.1, 0.15) is 5.82 Å². The molecule has 0 bridgehead atoms. The molecule has 0 aliphatic rings. The Kier molecular flexibility index (Phi) is 2.67. The summed E-state index contributed by atoms with van der Waals surface area (Å²) >= 11 is 5.55. The van der Waals surface area contributed by atoms with Gasteiger partial charge in [-0.05, 0) is 24.1 Å². The van der Waals surface area contributed by atoms with Crippen LogP contribution in [0.4, 0.5) is 4.39 Å². The molecule has 0 aliphatic heterocycles. The molecule has 0 saturated carbocycles. The molecule has 0 atom stereocenters. The lowest BCUT2D eigenvalue weighted by Gasteiger charge is -2.01. The molecule has 3 heteroatoms. The topological polar surface area (TPSA) is 23.8 Å². The number of hydrogen-bond donors (Lipinski definition) is 0. The molecule has 1 aromatic carbocycles. The maximum Gasteiger partial charge on any atom is 0.145 e. The molecular weight excluding hydrogens is 177 g/mol. The zero-order valence-corrected chi connectivity index (χ0v) is 7.32. The van der Waals surface area contributed by atoms with Crippen LogP contribution in [0.3, 0.4) is 0 Å². The molecule has 0 spiro atoms. The molecule has 0 fully saturated rings. The van der Waals surface area contributed by atoms with Gasteiger partial charge in [0, 0.05) is 0 Å². The third-order valence-electron chi connectivity index (χ3n) is 1.61. The molecule has 0 heterocycles. The lowest BCUT2D eigenvalue weighted by atomic mass is 10.1. The van der Waals surface area contributed by atoms with E-state index in [1.165, 1.54) is 12.1 Å². The summed E-state index contributed by atoms with van der Waals surface area (Å²) in [6, 6.07) is 4.76. The van der Waals surface area contributed by atoms with Crippen LogP contribution >= 0.6 is 11.6 Å². The molecule has 0 unspecified atom stereocenters. The molecule has 1 nitrogen and oxygen atoms in total. The van der Waals surface area contributed by atoms with E-state index in [-0.39, 0.29) is 5.02 Å². The number of benzene rings is 1. The Labute approximate surface area is 75.4 Å². The number of halogens is 2. The fourth-order valence-electron chi connectivity index (χ4n) is 0.968. The fourth-order valence-corrected chi connectivity index (χ4v) is 1.21. The first kappa shape index (κ1) is 9.02. The van der Waals surface area contributed by atoms with Crippen molar-refractivity contribution in [3.63, 3.8) is 0 Å². The van der Waals surface area contributed by atoms with Gasteiger partial charge in [0.25, 0.3) is 0 Å². The molecule has 0 saturated heterocycles. The maximum atomic E-state index is 13.1. The Morgan fingerprint density at radius 3 is 2.75 bits per heavy atom. The average molecular weight is 184 g/mol. The summed E-state index contributed by atoms with van der Waals surface area (Å²) in [5.74, 6) is -0.418. The van der Waals surface area contributed by atoms with Gasteiger partial charge in [-0.3, -0.25) is 0 Å². The third-order valence-corrected chi connectivity index (χ3v) is 1.89. The van der Waals surface area contributed by atoms with E-state index >= 15 is 0 Å². The van der Waals surface area contributed by atoms with Gasteiger partial charge in [0.2, 0.25) is 0 Å². The highest BCUT2D eigenvalue weighted by atomic mass is 35.5. The highest BCUT2D eigenvalue weighted by Gasteiger charge is 2.06. The summed E-state index contributed by atoms with van der Waals surface area (Å²) < 4.78 is 13.1. The number of rotatable bonds is 1. The summed E-state index contributed by atoms with van der Waals surface area (Å²) in [5.41, 5.74) is 0.886. The predicted molar refractivity (Wildman–Crippen MR) is 45.5 cm³/mol. The van der Waals surface area contributed by atoms with Crippen molar-refractivity contribution in [3.8, 4) is 6.07 Å². The maximum absolute atomic E-state index is 13.1. The van der Waals surface area contributed by atoms with E-state index < -0.39 is 5.82 Å². The smallest absolute Gasteiger partial charge is 0.145 e. The number of nitriles is 1. The summed E-state index contributed by atoms with van der Waals surface area (Å²) in [6.45, 7) is 1.82. The van der Waals surface area contributed by atoms with Gasteiger partial charge in [-0.1, -0.05) is 18.5 Å². The van der Waals surface area contributed by atoms with Crippen LogP contribution in [-0.4, -0.2) is 0 Å². The average Bonchev–Trinajstić information content (AvgIpc) is 2.09. The Balaban J connectivity index is 3.31. The van der Waals surface area contributed by atoms with Crippen molar-refractivity contribution in [1.29, 1.82) is 5.26 Å². The van der Waals surface area contributed by atoms with Crippen molar-refractivity contribution in [2.75, 3.05) is 0 Å². The van der Waals surface area contributed by atoms with Crippen LogP contribution < -0.4 is 0 Å². The van der Waals surface area contributed by atoms with Crippen molar-refractivity contribution in [1.82, 2.24) is 0 Å². The van der Waals surface area contributed by atoms with Crippen LogP contribution in [-0.2, 0) is 6.42 Å². The Morgan fingerprint density at radius 2 is 2.25 bits per heavy atom. The summed E-state index contributed by atoms with van der Waals surface area (Å²) in [6.07, 6.45) is 0.543. The lowest BCUT2D eigenvalue weighted by molar-refractivity contribution is 0.612. The van der Waals surface area contributed by atoms with Gasteiger partial charge >= 0.3 is 0 Å². The molecular formula is C9H7ClFN. The van der Waals surface area contributed by atoms with Crippen LogP contribution in [0.25, 0.3) is 0 Å². The Hall–Kier alpha value is -1.07. The second-order valence-corrected chi connectivity index (χ2v) is 2.80. The number of nitrogens with zero attached hydrogens (tertiary/aromatic N) is 1. The molecule has 0 N–H and O–H groups in total. The first-order chi connectivity index (χ1) is 5.69. The molecule has 0 amide bonds. The zero-order chi connectivity index (χ0) is 9.14. The monoisotopic (exact) mass is 183 g/mol. The number of hydrogen-bond acceptors (Lipinski definition) is 1. The quantitative estimate of drug-likeness (QED) is 0.657. The second-order valence-electron chi connectivity index (χ2n) is 2.40. The summed E-state index contributed by atoms with van der Waals surface area (Å²) in [7, 11) is 0. The van der Waals surface area contributed by atoms with Gasteiger partial charge in [-0.25, -0.2) is 4.39 Å². The van der Waals surface area contributed by atoms with Crippen molar-refractivity contribution >= 4 is 11.6 Å². The van der Waals surface area contributed by atoms with Crippen LogP contribution in [0.5, 0.6) is 0 Å². The van der Waals surface area contributed by atoms with Crippen LogP contribution in [0.2, 0.25) is 5.02 Å². The molecule has 1 aromatic rings. The number of aryl methyl sites for hydroxylation is 1. The standard InChI is InChI=1S/C9H7ClFN/c1-2-7-3-6(5-12)4-8(10)9(7)11/h3-4H,2H2,1H3. The van der Waals surface area contributed by atoms with Crippen molar-refractivity contribution in [2.45, 2.75) is 13.3 Å². The minimum Gasteiger partial charge on any atom is -0.205 e. The summed E-state index contributed by atoms with van der Waals surface area (Å²) in [5, 5.41) is 8.56. The van der Waals surface area contributed by atoms with E-state index in [2.05, 4.69) is 0 Å². The normalized spacial score (nSPS) is 9.50. The fraction of sp³-hybridized carbons (Fsp3) is 0.222. The van der Waals surface area contributed by atoms with E-state index in [0.717, 1.165) is 0 Å². The predicted octanol–water partition coefficient (Wildman–Crippen LogP) is 2.91. The van der Waals surface area contributed by atoms with Gasteiger partial charge in [0.05, 0.1) is 16.7 Å². The molecule has 12 heavy (non-hydrogen) atoms. The van der Waals surface area contributed by atoms with E-state index in [4.69, 9.17) is 16.9 Å². The highest BCUT2D eigenvalue weighted by molar-refractivity contribution is 6.30. The van der Waals surface area contributed by atoms with E-state index in [9.17, 15) is 4.39 Å². The molecule has 0 aromatic heterocycles. The van der Waals surface area contributed by atoms with Crippen LogP contribution in [0.15, 0.2) is 12.1 Å². The van der Waals surface area contributed by atoms with Crippen molar-refractivity contribution in [3.05, 3.63) is 34.1 Å². The van der Waals surface area contributed by atoms with Crippen molar-refractivity contribution in [2.24, 2.45) is 0 Å². The van der Waals surface area contributed by atoms with Gasteiger partial charge in [-0.15, -0.1) is 0 Å². The minimum atomic E-state index is -0.418. The summed E-state index contributed by atoms with van der Waals surface area (Å²) in [4.78, 5) is 0. The third kappa shape index (κ3) is 1.57. The highest BCUT2D eigenvalue weighted by Crippen LogP contribution is 2.20. The minimum absolute atomic E-state index is 0.0194. The molecule has 0 radical (unpaired) electrons. The first-order valence-electron chi connectivity index (χ1n) is 3.57. The SMILES string of the molecule is CCc1cc(C#N)cc(Cl)c1F. The van der Waals surface area contributed by atoms with E-state index in [1.54, 1.807) is 0 Å². The largest absolute Gasteiger partial charge is 0.205 e. The van der Waals surface area contributed by atoms with Crippen molar-refractivity contribution < 1.29 is 4.39 Å². The van der Waals surface area contributed by atoms with E-state index in [1.807, 2.05) is 13.0 Å². The Morgan fingerprint density at radius 1 is 1.58 bits per heavy atom. The van der Waals surface area contributed by atoms with Crippen LogP contribution in [0.1, 0.15) is 18.1 Å². The zero-order valence-electron chi connectivity index (χ0n) is 6.56. The van der Waals surface area contributed by atoms with Gasteiger partial charge in [-0.2, -0.15) is 5.26 Å². The second kappa shape index (κ2) is 3.55. The van der Waals surface area contributed by atoms with E-state index in [0.29, 0.717) is 17.5 Å². The molecule has 0 aliphatic carbocycles. The molecule has 1 rings (SSSR count). The lowest BCUT2D eigenvalue weighted by Crippen LogP contribution is -1.90. The Bertz CT molecular complexity index is 341.